The maximum Gasteiger partial charge on any atom is 0.416 e. The summed E-state index contributed by atoms with van der Waals surface area (Å²) >= 11 is 0. The Kier molecular flexibility index (Phi) is 7.38. The monoisotopic (exact) mass is 421 g/mol. The lowest BCUT2D eigenvalue weighted by molar-refractivity contribution is -0.137. The largest absolute Gasteiger partial charge is 0.416 e. The number of tetrazole rings is 1. The first-order chi connectivity index (χ1) is 12.8. The molecule has 2 heterocycles. The maximum atomic E-state index is 12.9. The van der Waals surface area contributed by atoms with E-state index in [9.17, 15) is 18.3 Å². The van der Waals surface area contributed by atoms with Gasteiger partial charge in [-0.3, -0.25) is 4.90 Å². The van der Waals surface area contributed by atoms with Gasteiger partial charge in [-0.2, -0.15) is 13.2 Å². The lowest BCUT2D eigenvalue weighted by Gasteiger charge is -2.38. The van der Waals surface area contributed by atoms with Crippen LogP contribution in [0.5, 0.6) is 0 Å². The lowest BCUT2D eigenvalue weighted by Crippen LogP contribution is -2.42. The van der Waals surface area contributed by atoms with Crippen LogP contribution in [-0.2, 0) is 29.6 Å². The van der Waals surface area contributed by atoms with E-state index in [1.54, 1.807) is 17.9 Å². The van der Waals surface area contributed by atoms with E-state index < -0.39 is 17.3 Å². The van der Waals surface area contributed by atoms with Gasteiger partial charge in [-0.15, -0.1) is 17.5 Å². The summed E-state index contributed by atoms with van der Waals surface area (Å²) in [5, 5.41) is 22.5. The van der Waals surface area contributed by atoms with Crippen LogP contribution in [0.2, 0.25) is 0 Å². The molecule has 7 nitrogen and oxygen atoms in total. The summed E-state index contributed by atoms with van der Waals surface area (Å²) in [6, 6.07) is 4.95. The molecule has 1 N–H and O–H groups in total. The van der Waals surface area contributed by atoms with Crippen molar-refractivity contribution in [3.8, 4) is 0 Å². The van der Waals surface area contributed by atoms with E-state index in [-0.39, 0.29) is 12.4 Å². The predicted octanol–water partition coefficient (Wildman–Crippen LogP) is 2.24. The first kappa shape index (κ1) is 22.5. The molecule has 1 aliphatic heterocycles. The minimum Gasteiger partial charge on any atom is -0.385 e. The second kappa shape index (κ2) is 9.17. The molecule has 11 heteroatoms. The highest BCUT2D eigenvalue weighted by molar-refractivity contribution is 5.85. The van der Waals surface area contributed by atoms with Gasteiger partial charge in [0.25, 0.3) is 0 Å². The van der Waals surface area contributed by atoms with Crippen LogP contribution in [-0.4, -0.2) is 57.0 Å². The molecule has 28 heavy (non-hydrogen) atoms. The molecule has 0 atom stereocenters. The van der Waals surface area contributed by atoms with Crippen molar-refractivity contribution in [2.45, 2.75) is 37.7 Å². The Morgan fingerprint density at radius 2 is 1.96 bits per heavy atom. The number of ether oxygens (including phenoxy) is 1. The Hall–Kier alpha value is -1.75. The molecule has 0 aliphatic carbocycles. The minimum atomic E-state index is -4.42. The maximum absolute atomic E-state index is 12.9. The fourth-order valence-electron chi connectivity index (χ4n) is 3.24. The molecule has 1 fully saturated rings. The molecular formula is C17H23ClF3N5O2. The molecule has 1 aromatic heterocycles. The van der Waals surface area contributed by atoms with Gasteiger partial charge in [0.1, 0.15) is 0 Å². The zero-order chi connectivity index (χ0) is 19.5. The Morgan fingerprint density at radius 3 is 2.61 bits per heavy atom. The SMILES string of the molecule is COCCn1nnnc1CN1CCC(O)(c2cccc(C(F)(F)F)c2)CC1.Cl. The third-order valence-corrected chi connectivity index (χ3v) is 4.89. The van der Waals surface area contributed by atoms with Crippen molar-refractivity contribution in [2.75, 3.05) is 26.8 Å². The van der Waals surface area contributed by atoms with Crippen molar-refractivity contribution in [1.82, 2.24) is 25.1 Å². The van der Waals surface area contributed by atoms with Gasteiger partial charge < -0.3 is 9.84 Å². The van der Waals surface area contributed by atoms with Gasteiger partial charge in [-0.1, -0.05) is 12.1 Å². The van der Waals surface area contributed by atoms with Gasteiger partial charge in [0.15, 0.2) is 5.82 Å². The molecule has 0 spiro atoms. The summed E-state index contributed by atoms with van der Waals surface area (Å²) in [4.78, 5) is 2.08. The number of hydrogen-bond acceptors (Lipinski definition) is 6. The van der Waals surface area contributed by atoms with Crippen molar-refractivity contribution in [3.63, 3.8) is 0 Å². The van der Waals surface area contributed by atoms with E-state index in [2.05, 4.69) is 20.4 Å². The molecule has 3 rings (SSSR count). The summed E-state index contributed by atoms with van der Waals surface area (Å²) < 4.78 is 45.5. The highest BCUT2D eigenvalue weighted by Gasteiger charge is 2.37. The molecule has 2 aromatic rings. The van der Waals surface area contributed by atoms with E-state index in [1.807, 2.05) is 0 Å². The van der Waals surface area contributed by atoms with Crippen molar-refractivity contribution in [1.29, 1.82) is 0 Å². The second-order valence-electron chi connectivity index (χ2n) is 6.70. The number of methoxy groups -OCH3 is 1. The van der Waals surface area contributed by atoms with Crippen LogP contribution < -0.4 is 0 Å². The van der Waals surface area contributed by atoms with Crippen LogP contribution in [0.15, 0.2) is 24.3 Å². The molecule has 1 saturated heterocycles. The van der Waals surface area contributed by atoms with E-state index in [4.69, 9.17) is 4.74 Å². The molecule has 1 aliphatic rings. The highest BCUT2D eigenvalue weighted by Crippen LogP contribution is 2.36. The van der Waals surface area contributed by atoms with Gasteiger partial charge in [0.05, 0.1) is 30.9 Å². The van der Waals surface area contributed by atoms with Crippen LogP contribution in [0.25, 0.3) is 0 Å². The third-order valence-electron chi connectivity index (χ3n) is 4.89. The molecule has 0 radical (unpaired) electrons. The number of aliphatic hydroxyl groups is 1. The van der Waals surface area contributed by atoms with Crippen LogP contribution in [0.4, 0.5) is 13.2 Å². The van der Waals surface area contributed by atoms with E-state index >= 15 is 0 Å². The van der Waals surface area contributed by atoms with Crippen LogP contribution >= 0.6 is 12.4 Å². The van der Waals surface area contributed by atoms with Crippen molar-refractivity contribution >= 4 is 12.4 Å². The van der Waals surface area contributed by atoms with E-state index in [0.717, 1.165) is 12.1 Å². The summed E-state index contributed by atoms with van der Waals surface area (Å²) in [6.45, 7) is 2.61. The van der Waals surface area contributed by atoms with Gasteiger partial charge in [0.2, 0.25) is 0 Å². The molecular weight excluding hydrogens is 399 g/mol. The van der Waals surface area contributed by atoms with Crippen molar-refractivity contribution < 1.29 is 23.0 Å². The quantitative estimate of drug-likeness (QED) is 0.771. The third kappa shape index (κ3) is 5.19. The van der Waals surface area contributed by atoms with E-state index in [0.29, 0.717) is 57.0 Å². The van der Waals surface area contributed by atoms with Gasteiger partial charge in [-0.05, 0) is 41.0 Å². The number of benzene rings is 1. The molecule has 0 amide bonds. The zero-order valence-electron chi connectivity index (χ0n) is 15.4. The number of aromatic nitrogens is 4. The molecule has 1 aromatic carbocycles. The topological polar surface area (TPSA) is 76.3 Å². The number of likely N-dealkylation sites (tertiary alicyclic amines) is 1. The second-order valence-corrected chi connectivity index (χ2v) is 6.70. The number of hydrogen-bond donors (Lipinski definition) is 1. The summed E-state index contributed by atoms with van der Waals surface area (Å²) in [7, 11) is 1.60. The predicted molar refractivity (Wildman–Crippen MR) is 96.8 cm³/mol. The molecule has 0 unspecified atom stereocenters. The van der Waals surface area contributed by atoms with Crippen molar-refractivity contribution in [3.05, 3.63) is 41.2 Å². The first-order valence-corrected chi connectivity index (χ1v) is 8.68. The fraction of sp³-hybridized carbons (Fsp3) is 0.588. The van der Waals surface area contributed by atoms with Crippen LogP contribution in [0.3, 0.4) is 0 Å². The standard InChI is InChI=1S/C17H22F3N5O2.ClH/c1-27-10-9-25-15(21-22-23-25)12-24-7-5-16(26,6-8-24)13-3-2-4-14(11-13)17(18,19)20;/h2-4,11,26H,5-10,12H2,1H3;1H. The zero-order valence-corrected chi connectivity index (χ0v) is 16.2. The number of alkyl halides is 3. The number of halogens is 4. The van der Waals surface area contributed by atoms with E-state index in [1.165, 1.54) is 6.07 Å². The average molecular weight is 422 g/mol. The highest BCUT2D eigenvalue weighted by atomic mass is 35.5. The Bertz CT molecular complexity index is 763. The summed E-state index contributed by atoms with van der Waals surface area (Å²) in [5.41, 5.74) is -1.70. The molecule has 156 valence electrons. The van der Waals surface area contributed by atoms with Gasteiger partial charge in [0, 0.05) is 20.2 Å². The van der Waals surface area contributed by atoms with Gasteiger partial charge in [-0.25, -0.2) is 4.68 Å². The minimum absolute atomic E-state index is 0. The van der Waals surface area contributed by atoms with Crippen LogP contribution in [0, 0.1) is 0 Å². The number of rotatable bonds is 6. The smallest absolute Gasteiger partial charge is 0.385 e. The lowest BCUT2D eigenvalue weighted by atomic mass is 9.83. The Balaban J connectivity index is 0.00000280. The summed E-state index contributed by atoms with van der Waals surface area (Å²) in [5.74, 6) is 0.691. The number of nitrogens with zero attached hydrogens (tertiary/aromatic N) is 5. The Morgan fingerprint density at radius 1 is 1.25 bits per heavy atom. The first-order valence-electron chi connectivity index (χ1n) is 8.68. The number of piperidine rings is 1. The Labute approximate surface area is 166 Å². The molecule has 0 saturated carbocycles. The normalized spacial score (nSPS) is 17.3. The van der Waals surface area contributed by atoms with Crippen LogP contribution in [0.1, 0.15) is 29.8 Å². The van der Waals surface area contributed by atoms with Crippen molar-refractivity contribution in [2.24, 2.45) is 0 Å². The molecule has 0 bridgehead atoms. The fourth-order valence-corrected chi connectivity index (χ4v) is 3.24. The summed E-state index contributed by atoms with van der Waals surface area (Å²) in [6.07, 6.45) is -3.74. The van der Waals surface area contributed by atoms with Gasteiger partial charge >= 0.3 is 6.18 Å². The average Bonchev–Trinajstić information content (AvgIpc) is 3.08.